The minimum atomic E-state index is -0.154. The molecule has 0 saturated heterocycles. The Hall–Kier alpha value is -2.89. The van der Waals surface area contributed by atoms with Crippen LogP contribution in [0.4, 0.5) is 0 Å². The maximum atomic E-state index is 11.9. The third kappa shape index (κ3) is 2.28. The third-order valence-corrected chi connectivity index (χ3v) is 5.32. The lowest BCUT2D eigenvalue weighted by Crippen LogP contribution is -2.11. The lowest BCUT2D eigenvalue weighted by atomic mass is 9.95. The van der Waals surface area contributed by atoms with Crippen molar-refractivity contribution in [2.24, 2.45) is 0 Å². The van der Waals surface area contributed by atoms with Gasteiger partial charge in [-0.2, -0.15) is 0 Å². The summed E-state index contributed by atoms with van der Waals surface area (Å²) in [6, 6.07) is 6.88. The molecule has 5 rings (SSSR count). The maximum absolute atomic E-state index is 11.9. The Balaban J connectivity index is 1.61. The van der Waals surface area contributed by atoms with Crippen molar-refractivity contribution in [3.63, 3.8) is 0 Å². The highest BCUT2D eigenvalue weighted by Crippen LogP contribution is 2.33. The number of hydrogen-bond donors (Lipinski definition) is 2. The van der Waals surface area contributed by atoms with Crippen molar-refractivity contribution in [3.05, 3.63) is 47.4 Å². The molecule has 25 heavy (non-hydrogen) atoms. The number of aromatic amines is 2. The molecule has 0 radical (unpaired) electrons. The Morgan fingerprint density at radius 1 is 1.08 bits per heavy atom. The molecular formula is C19H19N5O. The molecule has 126 valence electrons. The van der Waals surface area contributed by atoms with E-state index in [4.69, 9.17) is 0 Å². The number of fused-ring (bicyclic) bond motifs is 2. The van der Waals surface area contributed by atoms with Crippen LogP contribution in [0.15, 0.2) is 41.8 Å². The van der Waals surface area contributed by atoms with Gasteiger partial charge in [0.2, 0.25) is 0 Å². The van der Waals surface area contributed by atoms with E-state index >= 15 is 0 Å². The Morgan fingerprint density at radius 2 is 1.96 bits per heavy atom. The van der Waals surface area contributed by atoms with E-state index in [1.165, 1.54) is 43.9 Å². The summed E-state index contributed by atoms with van der Waals surface area (Å²) in [5.41, 5.74) is 5.16. The first-order valence-electron chi connectivity index (χ1n) is 8.83. The van der Waals surface area contributed by atoms with Gasteiger partial charge in [0, 0.05) is 17.8 Å². The van der Waals surface area contributed by atoms with Crippen LogP contribution in [0.2, 0.25) is 0 Å². The number of H-pyrrole nitrogens is 2. The van der Waals surface area contributed by atoms with Gasteiger partial charge in [0.25, 0.3) is 5.56 Å². The summed E-state index contributed by atoms with van der Waals surface area (Å²) in [6.07, 6.45) is 11.7. The van der Waals surface area contributed by atoms with E-state index in [1.807, 2.05) is 12.5 Å². The average molecular weight is 333 g/mol. The summed E-state index contributed by atoms with van der Waals surface area (Å²) in [5, 5.41) is 0. The van der Waals surface area contributed by atoms with Crippen LogP contribution in [0.3, 0.4) is 0 Å². The summed E-state index contributed by atoms with van der Waals surface area (Å²) in [7, 11) is 0. The highest BCUT2D eigenvalue weighted by Gasteiger charge is 2.18. The molecule has 2 N–H and O–H groups in total. The van der Waals surface area contributed by atoms with Crippen molar-refractivity contribution >= 4 is 22.1 Å². The zero-order valence-corrected chi connectivity index (χ0v) is 13.8. The first kappa shape index (κ1) is 14.5. The number of rotatable bonds is 2. The minimum absolute atomic E-state index is 0.154. The predicted octanol–water partition coefficient (Wildman–Crippen LogP) is 3.77. The van der Waals surface area contributed by atoms with Gasteiger partial charge in [0.15, 0.2) is 0 Å². The fourth-order valence-electron chi connectivity index (χ4n) is 4.02. The number of benzene rings is 1. The fourth-order valence-corrected chi connectivity index (χ4v) is 4.02. The largest absolute Gasteiger partial charge is 0.355 e. The van der Waals surface area contributed by atoms with E-state index in [0.717, 1.165) is 16.6 Å². The molecule has 3 heterocycles. The Morgan fingerprint density at radius 3 is 2.84 bits per heavy atom. The molecule has 4 aromatic rings. The number of hydrogen-bond acceptors (Lipinski definition) is 3. The second-order valence-corrected chi connectivity index (χ2v) is 6.80. The van der Waals surface area contributed by atoms with Crippen LogP contribution >= 0.6 is 0 Å². The number of nitrogens with one attached hydrogen (secondary N) is 2. The van der Waals surface area contributed by atoms with Crippen LogP contribution in [-0.4, -0.2) is 24.5 Å². The van der Waals surface area contributed by atoms with Crippen LogP contribution in [0, 0.1) is 0 Å². The molecule has 1 aliphatic carbocycles. The van der Waals surface area contributed by atoms with Crippen molar-refractivity contribution in [2.75, 3.05) is 0 Å². The second-order valence-electron chi connectivity index (χ2n) is 6.80. The second kappa shape index (κ2) is 5.58. The molecule has 0 bridgehead atoms. The van der Waals surface area contributed by atoms with Crippen LogP contribution in [-0.2, 0) is 0 Å². The van der Waals surface area contributed by atoms with Gasteiger partial charge in [-0.15, -0.1) is 0 Å². The lowest BCUT2D eigenvalue weighted by molar-refractivity contribution is 0.359. The first-order chi connectivity index (χ1) is 12.3. The number of nitrogens with zero attached hydrogens (tertiary/aromatic N) is 3. The highest BCUT2D eigenvalue weighted by molar-refractivity contribution is 5.94. The highest BCUT2D eigenvalue weighted by atomic mass is 16.1. The molecule has 6 heteroatoms. The van der Waals surface area contributed by atoms with Gasteiger partial charge in [-0.1, -0.05) is 25.3 Å². The van der Waals surface area contributed by atoms with Crippen LogP contribution in [0.25, 0.3) is 33.2 Å². The van der Waals surface area contributed by atoms with Gasteiger partial charge >= 0.3 is 0 Å². The standard InChI is InChI=1S/C19H19N5O/c25-19-18-17(21-10-22-19)14(9-20-18)12-6-7-16-15(8-12)23-11-24(16)13-4-2-1-3-5-13/h6-11,13,20H,1-5H2,(H,21,22,25). The van der Waals surface area contributed by atoms with Gasteiger partial charge in [-0.25, -0.2) is 9.97 Å². The number of imidazole rings is 1. The topological polar surface area (TPSA) is 79.4 Å². The Labute approximate surface area is 143 Å². The summed E-state index contributed by atoms with van der Waals surface area (Å²) >= 11 is 0. The van der Waals surface area contributed by atoms with Crippen molar-refractivity contribution < 1.29 is 0 Å². The SMILES string of the molecule is O=c1[nH]cnc2c(-c3ccc4c(c3)ncn4C3CCCCC3)c[nH]c12. The summed E-state index contributed by atoms with van der Waals surface area (Å²) in [5.74, 6) is 0. The molecule has 0 unspecified atom stereocenters. The van der Waals surface area contributed by atoms with Gasteiger partial charge in [-0.3, -0.25) is 4.79 Å². The first-order valence-corrected chi connectivity index (χ1v) is 8.83. The van der Waals surface area contributed by atoms with Gasteiger partial charge in [0.1, 0.15) is 11.0 Å². The third-order valence-electron chi connectivity index (χ3n) is 5.32. The van der Waals surface area contributed by atoms with Crippen LogP contribution in [0.1, 0.15) is 38.1 Å². The molecule has 1 aromatic carbocycles. The van der Waals surface area contributed by atoms with E-state index in [2.05, 4.69) is 42.7 Å². The maximum Gasteiger partial charge on any atom is 0.275 e. The molecule has 1 saturated carbocycles. The van der Waals surface area contributed by atoms with Gasteiger partial charge in [-0.05, 0) is 30.5 Å². The molecule has 6 nitrogen and oxygen atoms in total. The minimum Gasteiger partial charge on any atom is -0.355 e. The molecule has 1 fully saturated rings. The predicted molar refractivity (Wildman–Crippen MR) is 97.6 cm³/mol. The van der Waals surface area contributed by atoms with Crippen molar-refractivity contribution in [1.82, 2.24) is 24.5 Å². The van der Waals surface area contributed by atoms with Crippen LogP contribution < -0.4 is 5.56 Å². The Kier molecular flexibility index (Phi) is 3.23. The Bertz CT molecular complexity index is 1110. The molecule has 1 aliphatic rings. The van der Waals surface area contributed by atoms with Crippen molar-refractivity contribution in [1.29, 1.82) is 0 Å². The smallest absolute Gasteiger partial charge is 0.275 e. The molecule has 0 spiro atoms. The fraction of sp³-hybridized carbons (Fsp3) is 0.316. The monoisotopic (exact) mass is 333 g/mol. The average Bonchev–Trinajstić information content (AvgIpc) is 3.27. The van der Waals surface area contributed by atoms with Gasteiger partial charge in [0.05, 0.1) is 23.7 Å². The molecule has 3 aromatic heterocycles. The van der Waals surface area contributed by atoms with Crippen molar-refractivity contribution in [3.8, 4) is 11.1 Å². The molecular weight excluding hydrogens is 314 g/mol. The van der Waals surface area contributed by atoms with Crippen molar-refractivity contribution in [2.45, 2.75) is 38.1 Å². The quantitative estimate of drug-likeness (QED) is 0.586. The lowest BCUT2D eigenvalue weighted by Gasteiger charge is -2.23. The summed E-state index contributed by atoms with van der Waals surface area (Å²) < 4.78 is 2.33. The van der Waals surface area contributed by atoms with E-state index in [9.17, 15) is 4.79 Å². The van der Waals surface area contributed by atoms with E-state index in [0.29, 0.717) is 17.1 Å². The van der Waals surface area contributed by atoms with E-state index in [-0.39, 0.29) is 5.56 Å². The normalized spacial score (nSPS) is 16.0. The van der Waals surface area contributed by atoms with Gasteiger partial charge < -0.3 is 14.5 Å². The molecule has 0 amide bonds. The molecule has 0 aliphatic heterocycles. The number of aromatic nitrogens is 5. The summed E-state index contributed by atoms with van der Waals surface area (Å²) in [6.45, 7) is 0. The summed E-state index contributed by atoms with van der Waals surface area (Å²) in [4.78, 5) is 26.4. The van der Waals surface area contributed by atoms with E-state index < -0.39 is 0 Å². The molecule has 0 atom stereocenters. The van der Waals surface area contributed by atoms with E-state index in [1.54, 1.807) is 0 Å². The van der Waals surface area contributed by atoms with Crippen LogP contribution in [0.5, 0.6) is 0 Å². The zero-order valence-electron chi connectivity index (χ0n) is 13.8. The zero-order chi connectivity index (χ0) is 16.8.